The fourth-order valence-electron chi connectivity index (χ4n) is 0.744. The van der Waals surface area contributed by atoms with Crippen LogP contribution in [-0.2, 0) is 0 Å². The zero-order valence-electron chi connectivity index (χ0n) is 9.67. The van der Waals surface area contributed by atoms with E-state index in [2.05, 4.69) is 25.3 Å². The van der Waals surface area contributed by atoms with Gasteiger partial charge in [0.15, 0.2) is 0 Å². The van der Waals surface area contributed by atoms with Crippen molar-refractivity contribution in [2.24, 2.45) is 5.10 Å². The fourth-order valence-corrected chi connectivity index (χ4v) is 0.744. The van der Waals surface area contributed by atoms with E-state index in [1.807, 2.05) is 32.7 Å². The number of nitrogens with zero attached hydrogens (tertiary/aromatic N) is 3. The van der Waals surface area contributed by atoms with Gasteiger partial charge in [0.05, 0.1) is 0 Å². The molecule has 0 aromatic rings. The quantitative estimate of drug-likeness (QED) is 0.484. The summed E-state index contributed by atoms with van der Waals surface area (Å²) in [6.45, 7) is 17.2. The lowest BCUT2D eigenvalue weighted by Gasteiger charge is -2.26. The first-order valence-corrected chi connectivity index (χ1v) is 4.81. The summed E-state index contributed by atoms with van der Waals surface area (Å²) in [4.78, 5) is 2.03. The van der Waals surface area contributed by atoms with Crippen molar-refractivity contribution in [3.05, 3.63) is 12.4 Å². The van der Waals surface area contributed by atoms with Crippen LogP contribution in [0, 0.1) is 0 Å². The minimum atomic E-state index is 0.812. The minimum absolute atomic E-state index is 0.812. The van der Waals surface area contributed by atoms with E-state index in [1.165, 1.54) is 0 Å². The second-order valence-electron chi connectivity index (χ2n) is 2.29. The van der Waals surface area contributed by atoms with Gasteiger partial charge in [0.2, 0.25) is 0 Å². The van der Waals surface area contributed by atoms with Gasteiger partial charge in [0.1, 0.15) is 5.82 Å². The predicted molar refractivity (Wildman–Crippen MR) is 60.7 cm³/mol. The number of hydrogen-bond acceptors (Lipinski definition) is 3. The molecule has 0 heterocycles. The molecule has 0 aromatic heterocycles. The van der Waals surface area contributed by atoms with Crippen molar-refractivity contribution in [2.45, 2.75) is 27.7 Å². The molecule has 0 aliphatic heterocycles. The molecule has 0 aliphatic carbocycles. The largest absolute Gasteiger partial charge is 0.361 e. The van der Waals surface area contributed by atoms with Crippen LogP contribution in [0.4, 0.5) is 0 Å². The predicted octanol–water partition coefficient (Wildman–Crippen LogP) is 2.37. The first-order chi connectivity index (χ1) is 6.17. The van der Waals surface area contributed by atoms with Crippen LogP contribution in [0.5, 0.6) is 0 Å². The zero-order chi connectivity index (χ0) is 10.9. The van der Waals surface area contributed by atoms with Gasteiger partial charge in [0, 0.05) is 26.9 Å². The highest BCUT2D eigenvalue weighted by Crippen LogP contribution is 2.04. The van der Waals surface area contributed by atoms with Crippen LogP contribution in [0.2, 0.25) is 0 Å². The maximum Gasteiger partial charge on any atom is 0.117 e. The van der Waals surface area contributed by atoms with Crippen molar-refractivity contribution in [1.82, 2.24) is 9.91 Å². The van der Waals surface area contributed by atoms with Gasteiger partial charge in [-0.2, -0.15) is 5.10 Å². The highest BCUT2D eigenvalue weighted by atomic mass is 15.5. The average molecular weight is 185 g/mol. The normalized spacial score (nSPS) is 8.08. The van der Waals surface area contributed by atoms with E-state index in [0.717, 1.165) is 18.9 Å². The summed E-state index contributed by atoms with van der Waals surface area (Å²) in [7, 11) is 1.98. The Hall–Kier alpha value is -0.990. The molecule has 0 fully saturated rings. The van der Waals surface area contributed by atoms with Crippen LogP contribution in [0.1, 0.15) is 27.7 Å². The molecule has 3 nitrogen and oxygen atoms in total. The summed E-state index contributed by atoms with van der Waals surface area (Å²) in [5.41, 5.74) is 0. The molecular formula is C10H23N3. The third-order valence-corrected chi connectivity index (χ3v) is 1.68. The van der Waals surface area contributed by atoms with E-state index < -0.39 is 0 Å². The van der Waals surface area contributed by atoms with Crippen LogP contribution in [0.25, 0.3) is 0 Å². The van der Waals surface area contributed by atoms with E-state index in [4.69, 9.17) is 0 Å². The Bertz CT molecular complexity index is 143. The summed E-state index contributed by atoms with van der Waals surface area (Å²) >= 11 is 0. The van der Waals surface area contributed by atoms with Gasteiger partial charge in [-0.1, -0.05) is 20.4 Å². The van der Waals surface area contributed by atoms with Crippen LogP contribution < -0.4 is 0 Å². The molecule has 0 saturated heterocycles. The molecule has 0 N–H and O–H groups in total. The van der Waals surface area contributed by atoms with Crippen molar-refractivity contribution in [2.75, 3.05) is 20.1 Å². The molecule has 0 bridgehead atoms. The Labute approximate surface area is 82.7 Å². The average Bonchev–Trinajstić information content (AvgIpc) is 2.21. The molecule has 0 aromatic carbocycles. The van der Waals surface area contributed by atoms with Crippen molar-refractivity contribution in [3.63, 3.8) is 0 Å². The molecule has 0 amide bonds. The lowest BCUT2D eigenvalue weighted by Crippen LogP contribution is -2.28. The van der Waals surface area contributed by atoms with Crippen molar-refractivity contribution >= 4 is 6.72 Å². The molecule has 0 atom stereocenters. The Morgan fingerprint density at radius 2 is 1.69 bits per heavy atom. The van der Waals surface area contributed by atoms with Gasteiger partial charge in [-0.3, -0.25) is 5.01 Å². The maximum atomic E-state index is 3.89. The molecule has 13 heavy (non-hydrogen) atoms. The Balaban J connectivity index is 0. The molecule has 0 rings (SSSR count). The molecule has 0 radical (unpaired) electrons. The summed E-state index contributed by atoms with van der Waals surface area (Å²) in [5, 5.41) is 5.58. The van der Waals surface area contributed by atoms with Crippen molar-refractivity contribution in [1.29, 1.82) is 0 Å². The summed E-state index contributed by atoms with van der Waals surface area (Å²) in [5.74, 6) is 0.894. The molecule has 78 valence electrons. The highest BCUT2D eigenvalue weighted by Gasteiger charge is 2.04. The third kappa shape index (κ3) is 5.28. The molecule has 0 saturated carbocycles. The molecule has 0 aliphatic rings. The third-order valence-electron chi connectivity index (χ3n) is 1.68. The number of hydrogen-bond donors (Lipinski definition) is 0. The SMILES string of the molecule is C=NN(CC)C(=C)N(C)CC.CC. The van der Waals surface area contributed by atoms with E-state index in [0.29, 0.717) is 0 Å². The van der Waals surface area contributed by atoms with Crippen LogP contribution in [0.15, 0.2) is 17.5 Å². The Kier molecular flexibility index (Phi) is 10.2. The van der Waals surface area contributed by atoms with E-state index in [1.54, 1.807) is 5.01 Å². The maximum absolute atomic E-state index is 3.89. The lowest BCUT2D eigenvalue weighted by atomic mass is 10.5. The van der Waals surface area contributed by atoms with Gasteiger partial charge in [-0.05, 0) is 13.8 Å². The molecule has 3 heteroatoms. The zero-order valence-corrected chi connectivity index (χ0v) is 9.67. The molecule has 0 unspecified atom stereocenters. The van der Waals surface area contributed by atoms with Crippen LogP contribution in [0.3, 0.4) is 0 Å². The van der Waals surface area contributed by atoms with Gasteiger partial charge in [-0.25, -0.2) is 0 Å². The fraction of sp³-hybridized carbons (Fsp3) is 0.700. The standard InChI is InChI=1S/C8H17N3.C2H6/c1-6-10(5)8(3)11(7-2)9-4;1-2/h3-4,6-7H2,1-2,5H3;1-2H3. The summed E-state index contributed by atoms with van der Waals surface area (Å²) in [6.07, 6.45) is 0. The van der Waals surface area contributed by atoms with Crippen molar-refractivity contribution < 1.29 is 0 Å². The van der Waals surface area contributed by atoms with E-state index >= 15 is 0 Å². The van der Waals surface area contributed by atoms with Crippen LogP contribution in [-0.4, -0.2) is 36.8 Å². The number of hydrazone groups is 1. The second-order valence-corrected chi connectivity index (χ2v) is 2.29. The Morgan fingerprint density at radius 3 is 1.92 bits per heavy atom. The lowest BCUT2D eigenvalue weighted by molar-refractivity contribution is 0.261. The highest BCUT2D eigenvalue weighted by molar-refractivity contribution is 5.23. The smallest absolute Gasteiger partial charge is 0.117 e. The van der Waals surface area contributed by atoms with E-state index in [-0.39, 0.29) is 0 Å². The van der Waals surface area contributed by atoms with Crippen molar-refractivity contribution in [3.8, 4) is 0 Å². The number of rotatable bonds is 5. The monoisotopic (exact) mass is 185 g/mol. The first-order valence-electron chi connectivity index (χ1n) is 4.81. The van der Waals surface area contributed by atoms with Crippen LogP contribution >= 0.6 is 0 Å². The molecule has 0 spiro atoms. The topological polar surface area (TPSA) is 18.8 Å². The first kappa shape index (κ1) is 14.5. The molecular weight excluding hydrogens is 162 g/mol. The van der Waals surface area contributed by atoms with Gasteiger partial charge >= 0.3 is 0 Å². The summed E-state index contributed by atoms with van der Waals surface area (Å²) in [6, 6.07) is 0. The van der Waals surface area contributed by atoms with Gasteiger partial charge in [0.25, 0.3) is 0 Å². The summed E-state index contributed by atoms with van der Waals surface area (Å²) < 4.78 is 0. The minimum Gasteiger partial charge on any atom is -0.361 e. The van der Waals surface area contributed by atoms with Gasteiger partial charge < -0.3 is 4.90 Å². The Morgan fingerprint density at radius 1 is 1.23 bits per heavy atom. The van der Waals surface area contributed by atoms with Gasteiger partial charge in [-0.15, -0.1) is 0 Å². The van der Waals surface area contributed by atoms with E-state index in [9.17, 15) is 0 Å². The second kappa shape index (κ2) is 9.10.